The van der Waals surface area contributed by atoms with E-state index < -0.39 is 0 Å². The smallest absolute Gasteiger partial charge is 0.224 e. The third-order valence-corrected chi connectivity index (χ3v) is 2.68. The summed E-state index contributed by atoms with van der Waals surface area (Å²) in [6, 6.07) is 7.30. The van der Waals surface area contributed by atoms with Crippen LogP contribution in [0.25, 0.3) is 0 Å². The number of amides is 1. The van der Waals surface area contributed by atoms with E-state index in [0.717, 1.165) is 18.4 Å². The van der Waals surface area contributed by atoms with Crippen LogP contribution in [-0.4, -0.2) is 18.3 Å². The molecule has 1 N–H and O–H groups in total. The zero-order valence-corrected chi connectivity index (χ0v) is 10.5. The van der Waals surface area contributed by atoms with Gasteiger partial charge in [0.1, 0.15) is 0 Å². The molecule has 0 bridgehead atoms. The second-order valence-corrected chi connectivity index (χ2v) is 4.36. The Balaban J connectivity index is 2.26. The van der Waals surface area contributed by atoms with Crippen LogP contribution >= 0.6 is 23.2 Å². The van der Waals surface area contributed by atoms with Gasteiger partial charge in [-0.25, -0.2) is 0 Å². The minimum absolute atomic E-state index is 0.0388. The molecule has 0 unspecified atom stereocenters. The fourth-order valence-electron chi connectivity index (χ4n) is 1.30. The topological polar surface area (TPSA) is 29.1 Å². The molecule has 0 saturated heterocycles. The molecule has 0 aromatic heterocycles. The first-order valence-electron chi connectivity index (χ1n) is 5.29. The van der Waals surface area contributed by atoms with Gasteiger partial charge < -0.3 is 5.32 Å². The standard InChI is InChI=1S/C12H15Cl2NO/c13-7-1-2-8-15-12(16)9-10-3-5-11(14)6-4-10/h3-6H,1-2,7-9H2,(H,15,16). The number of rotatable bonds is 6. The summed E-state index contributed by atoms with van der Waals surface area (Å²) in [5.41, 5.74) is 0.972. The molecule has 1 amide bonds. The van der Waals surface area contributed by atoms with Gasteiger partial charge in [-0.3, -0.25) is 4.79 Å². The van der Waals surface area contributed by atoms with Gasteiger partial charge >= 0.3 is 0 Å². The molecule has 0 saturated carbocycles. The highest BCUT2D eigenvalue weighted by Gasteiger charge is 2.02. The quantitative estimate of drug-likeness (QED) is 0.618. The van der Waals surface area contributed by atoms with Gasteiger partial charge in [0.25, 0.3) is 0 Å². The molecule has 0 spiro atoms. The molecule has 1 aromatic rings. The molecule has 0 aliphatic rings. The van der Waals surface area contributed by atoms with Gasteiger partial charge in [0.05, 0.1) is 6.42 Å². The number of hydrogen-bond acceptors (Lipinski definition) is 1. The molecular weight excluding hydrogens is 245 g/mol. The van der Waals surface area contributed by atoms with Crippen LogP contribution in [0.5, 0.6) is 0 Å². The summed E-state index contributed by atoms with van der Waals surface area (Å²) in [7, 11) is 0. The van der Waals surface area contributed by atoms with Crippen LogP contribution in [0.2, 0.25) is 5.02 Å². The number of nitrogens with one attached hydrogen (secondary N) is 1. The van der Waals surface area contributed by atoms with Gasteiger partial charge in [-0.2, -0.15) is 0 Å². The highest BCUT2D eigenvalue weighted by atomic mass is 35.5. The van der Waals surface area contributed by atoms with Crippen LogP contribution in [0.15, 0.2) is 24.3 Å². The normalized spacial score (nSPS) is 10.1. The molecule has 0 fully saturated rings. The molecule has 0 aliphatic carbocycles. The molecule has 1 aromatic carbocycles. The second-order valence-electron chi connectivity index (χ2n) is 3.55. The van der Waals surface area contributed by atoms with E-state index in [1.165, 1.54) is 0 Å². The van der Waals surface area contributed by atoms with Crippen molar-refractivity contribution in [3.05, 3.63) is 34.9 Å². The highest BCUT2D eigenvalue weighted by Crippen LogP contribution is 2.09. The van der Waals surface area contributed by atoms with Gasteiger partial charge in [-0.05, 0) is 30.5 Å². The Kier molecular flexibility index (Phi) is 6.27. The second kappa shape index (κ2) is 7.53. The maximum absolute atomic E-state index is 11.5. The van der Waals surface area contributed by atoms with E-state index in [9.17, 15) is 4.79 Å². The SMILES string of the molecule is O=C(Cc1ccc(Cl)cc1)NCCCCCl. The van der Waals surface area contributed by atoms with Gasteiger partial charge in [0.2, 0.25) is 5.91 Å². The average molecular weight is 260 g/mol. The molecule has 16 heavy (non-hydrogen) atoms. The first-order chi connectivity index (χ1) is 7.72. The molecule has 1 rings (SSSR count). The first-order valence-corrected chi connectivity index (χ1v) is 6.20. The van der Waals surface area contributed by atoms with Crippen molar-refractivity contribution in [1.82, 2.24) is 5.32 Å². The molecule has 0 radical (unpaired) electrons. The first kappa shape index (κ1) is 13.3. The van der Waals surface area contributed by atoms with Crippen molar-refractivity contribution in [3.8, 4) is 0 Å². The average Bonchev–Trinajstić information content (AvgIpc) is 2.28. The molecular formula is C12H15Cl2NO. The largest absolute Gasteiger partial charge is 0.356 e. The van der Waals surface area contributed by atoms with Crippen molar-refractivity contribution >= 4 is 29.1 Å². The molecule has 0 aliphatic heterocycles. The predicted octanol–water partition coefficient (Wildman–Crippen LogP) is 3.02. The predicted molar refractivity (Wildman–Crippen MR) is 68.1 cm³/mol. The molecule has 4 heteroatoms. The van der Waals surface area contributed by atoms with E-state index in [0.29, 0.717) is 23.9 Å². The number of benzene rings is 1. The summed E-state index contributed by atoms with van der Waals surface area (Å²) in [5, 5.41) is 3.54. The third-order valence-electron chi connectivity index (χ3n) is 2.16. The Morgan fingerprint density at radius 2 is 1.88 bits per heavy atom. The van der Waals surface area contributed by atoms with Gasteiger partial charge in [0, 0.05) is 17.4 Å². The highest BCUT2D eigenvalue weighted by molar-refractivity contribution is 6.30. The monoisotopic (exact) mass is 259 g/mol. The van der Waals surface area contributed by atoms with Crippen molar-refractivity contribution < 1.29 is 4.79 Å². The number of halogens is 2. The Hall–Kier alpha value is -0.730. The van der Waals surface area contributed by atoms with Crippen LogP contribution in [0, 0.1) is 0 Å². The lowest BCUT2D eigenvalue weighted by molar-refractivity contribution is -0.120. The lowest BCUT2D eigenvalue weighted by Gasteiger charge is -2.04. The van der Waals surface area contributed by atoms with Crippen LogP contribution in [-0.2, 0) is 11.2 Å². The summed E-state index contributed by atoms with van der Waals surface area (Å²) in [6.45, 7) is 0.694. The molecule has 2 nitrogen and oxygen atoms in total. The Labute approximate surface area is 106 Å². The Bertz CT molecular complexity index is 324. The molecule has 0 heterocycles. The van der Waals surface area contributed by atoms with Gasteiger partial charge in [-0.15, -0.1) is 11.6 Å². The van der Waals surface area contributed by atoms with Crippen LogP contribution in [0.4, 0.5) is 0 Å². The van der Waals surface area contributed by atoms with Crippen molar-refractivity contribution in [3.63, 3.8) is 0 Å². The van der Waals surface area contributed by atoms with Crippen molar-refractivity contribution in [1.29, 1.82) is 0 Å². The fourth-order valence-corrected chi connectivity index (χ4v) is 1.61. The van der Waals surface area contributed by atoms with Crippen molar-refractivity contribution in [2.45, 2.75) is 19.3 Å². The maximum atomic E-state index is 11.5. The maximum Gasteiger partial charge on any atom is 0.224 e. The van der Waals surface area contributed by atoms with Crippen LogP contribution in [0.3, 0.4) is 0 Å². The zero-order valence-electron chi connectivity index (χ0n) is 9.01. The van der Waals surface area contributed by atoms with E-state index in [1.807, 2.05) is 12.1 Å². The van der Waals surface area contributed by atoms with Gasteiger partial charge in [-0.1, -0.05) is 23.7 Å². The van der Waals surface area contributed by atoms with Crippen molar-refractivity contribution in [2.75, 3.05) is 12.4 Å². The van der Waals surface area contributed by atoms with E-state index in [2.05, 4.69) is 5.32 Å². The zero-order chi connectivity index (χ0) is 11.8. The summed E-state index contributed by atoms with van der Waals surface area (Å²) >= 11 is 11.3. The number of carbonyl (C=O) groups is 1. The minimum atomic E-state index is 0.0388. The third kappa shape index (κ3) is 5.38. The van der Waals surface area contributed by atoms with E-state index in [1.54, 1.807) is 12.1 Å². The lowest BCUT2D eigenvalue weighted by Crippen LogP contribution is -2.26. The van der Waals surface area contributed by atoms with Crippen LogP contribution < -0.4 is 5.32 Å². The fraction of sp³-hybridized carbons (Fsp3) is 0.417. The molecule has 0 atom stereocenters. The number of unbranched alkanes of at least 4 members (excludes halogenated alkanes) is 1. The van der Waals surface area contributed by atoms with E-state index in [4.69, 9.17) is 23.2 Å². The Morgan fingerprint density at radius 1 is 1.19 bits per heavy atom. The summed E-state index contributed by atoms with van der Waals surface area (Å²) in [4.78, 5) is 11.5. The van der Waals surface area contributed by atoms with Crippen molar-refractivity contribution in [2.24, 2.45) is 0 Å². The van der Waals surface area contributed by atoms with E-state index in [-0.39, 0.29) is 5.91 Å². The lowest BCUT2D eigenvalue weighted by atomic mass is 10.1. The number of alkyl halides is 1. The number of hydrogen-bond donors (Lipinski definition) is 1. The summed E-state index contributed by atoms with van der Waals surface area (Å²) in [6.07, 6.45) is 2.26. The van der Waals surface area contributed by atoms with Gasteiger partial charge in [0.15, 0.2) is 0 Å². The van der Waals surface area contributed by atoms with E-state index >= 15 is 0 Å². The minimum Gasteiger partial charge on any atom is -0.356 e. The molecule has 88 valence electrons. The van der Waals surface area contributed by atoms with Crippen LogP contribution in [0.1, 0.15) is 18.4 Å². The number of carbonyl (C=O) groups excluding carboxylic acids is 1. The summed E-state index contributed by atoms with van der Waals surface area (Å²) in [5.74, 6) is 0.685. The Morgan fingerprint density at radius 3 is 2.50 bits per heavy atom. The summed E-state index contributed by atoms with van der Waals surface area (Å²) < 4.78 is 0.